The Hall–Kier alpha value is -2.21. The zero-order valence-corrected chi connectivity index (χ0v) is 12.2. The number of amides is 1. The average molecular weight is 290 g/mol. The van der Waals surface area contributed by atoms with Gasteiger partial charge in [0.1, 0.15) is 5.69 Å². The van der Waals surface area contributed by atoms with Gasteiger partial charge in [-0.05, 0) is 38.0 Å². The molecule has 0 saturated carbocycles. The second-order valence-electron chi connectivity index (χ2n) is 4.56. The number of rotatable bonds is 3. The Balaban J connectivity index is 2.33. The number of carbonyl (C=O) groups excluding carboxylic acids is 1. The largest absolute Gasteiger partial charge is 0.316 e. The second kappa shape index (κ2) is 5.42. The highest BCUT2D eigenvalue weighted by Crippen LogP contribution is 2.27. The first-order valence-electron chi connectivity index (χ1n) is 6.01. The van der Waals surface area contributed by atoms with Crippen molar-refractivity contribution >= 4 is 28.6 Å². The van der Waals surface area contributed by atoms with Gasteiger partial charge in [-0.2, -0.15) is 0 Å². The summed E-state index contributed by atoms with van der Waals surface area (Å²) < 4.78 is 0. The number of carbonyl (C=O) groups is 1. The number of nitro benzene ring substituents is 1. The molecule has 0 aliphatic carbocycles. The van der Waals surface area contributed by atoms with Crippen LogP contribution in [0.15, 0.2) is 23.6 Å². The number of hydrogen-bond donors (Lipinski definition) is 1. The lowest BCUT2D eigenvalue weighted by molar-refractivity contribution is -0.384. The molecular formula is C14H14N2O3S. The number of thiophene rings is 1. The van der Waals surface area contributed by atoms with Crippen LogP contribution in [0.2, 0.25) is 0 Å². The van der Waals surface area contributed by atoms with Crippen LogP contribution in [0, 0.1) is 30.9 Å². The lowest BCUT2D eigenvalue weighted by Gasteiger charge is -2.06. The van der Waals surface area contributed by atoms with Gasteiger partial charge in [0.15, 0.2) is 0 Å². The predicted molar refractivity (Wildman–Crippen MR) is 79.6 cm³/mol. The molecule has 0 fully saturated rings. The molecule has 1 amide bonds. The summed E-state index contributed by atoms with van der Waals surface area (Å²) in [5.74, 6) is -0.321. The van der Waals surface area contributed by atoms with Crippen LogP contribution in [-0.2, 0) is 0 Å². The summed E-state index contributed by atoms with van der Waals surface area (Å²) in [6.45, 7) is 5.57. The molecule has 0 radical (unpaired) electrons. The quantitative estimate of drug-likeness (QED) is 0.689. The van der Waals surface area contributed by atoms with Gasteiger partial charge in [0.25, 0.3) is 11.6 Å². The van der Waals surface area contributed by atoms with Crippen molar-refractivity contribution in [3.63, 3.8) is 0 Å². The fourth-order valence-corrected chi connectivity index (χ4v) is 2.69. The molecule has 0 bridgehead atoms. The van der Waals surface area contributed by atoms with E-state index in [2.05, 4.69) is 5.32 Å². The minimum absolute atomic E-state index is 0.0945. The first-order chi connectivity index (χ1) is 9.40. The molecule has 20 heavy (non-hydrogen) atoms. The molecule has 0 saturated heterocycles. The molecule has 2 rings (SSSR count). The number of nitrogens with one attached hydrogen (secondary N) is 1. The van der Waals surface area contributed by atoms with Gasteiger partial charge in [0.2, 0.25) is 0 Å². The highest BCUT2D eigenvalue weighted by Gasteiger charge is 2.18. The number of aryl methyl sites for hydroxylation is 2. The zero-order valence-electron chi connectivity index (χ0n) is 11.4. The maximum atomic E-state index is 12.2. The van der Waals surface area contributed by atoms with Crippen molar-refractivity contribution in [3.05, 3.63) is 55.3 Å². The van der Waals surface area contributed by atoms with Crippen LogP contribution >= 0.6 is 11.3 Å². The molecule has 1 aromatic carbocycles. The summed E-state index contributed by atoms with van der Waals surface area (Å²) in [5.41, 5.74) is 2.36. The average Bonchev–Trinajstić information content (AvgIpc) is 2.72. The molecule has 0 aliphatic heterocycles. The van der Waals surface area contributed by atoms with E-state index in [1.807, 2.05) is 13.8 Å². The van der Waals surface area contributed by atoms with Crippen molar-refractivity contribution in [2.75, 3.05) is 5.32 Å². The van der Waals surface area contributed by atoms with E-state index in [1.54, 1.807) is 24.4 Å². The van der Waals surface area contributed by atoms with Crippen LogP contribution in [-0.4, -0.2) is 10.8 Å². The van der Waals surface area contributed by atoms with Crippen molar-refractivity contribution in [3.8, 4) is 0 Å². The molecule has 0 atom stereocenters. The highest BCUT2D eigenvalue weighted by atomic mass is 32.1. The molecule has 5 nitrogen and oxygen atoms in total. The number of benzene rings is 1. The summed E-state index contributed by atoms with van der Waals surface area (Å²) in [5, 5.41) is 15.4. The van der Waals surface area contributed by atoms with Crippen molar-refractivity contribution in [1.82, 2.24) is 0 Å². The van der Waals surface area contributed by atoms with Gasteiger partial charge in [-0.3, -0.25) is 14.9 Å². The smallest absolute Gasteiger partial charge is 0.293 e. The van der Waals surface area contributed by atoms with Gasteiger partial charge in [-0.25, -0.2) is 0 Å². The summed E-state index contributed by atoms with van der Waals surface area (Å²) in [6, 6.07) is 4.73. The SMILES string of the molecule is Cc1ccc(NC(=O)c2csc(C)c2C)c([N+](=O)[O-])c1. The van der Waals surface area contributed by atoms with Crippen molar-refractivity contribution in [2.45, 2.75) is 20.8 Å². The third-order valence-electron chi connectivity index (χ3n) is 3.13. The summed E-state index contributed by atoms with van der Waals surface area (Å²) in [7, 11) is 0. The van der Waals surface area contributed by atoms with Crippen molar-refractivity contribution in [1.29, 1.82) is 0 Å². The Morgan fingerprint density at radius 1 is 1.30 bits per heavy atom. The van der Waals surface area contributed by atoms with E-state index in [4.69, 9.17) is 0 Å². The van der Waals surface area contributed by atoms with Gasteiger partial charge in [0, 0.05) is 16.3 Å². The van der Waals surface area contributed by atoms with E-state index < -0.39 is 4.92 Å². The minimum atomic E-state index is -0.492. The lowest BCUT2D eigenvalue weighted by atomic mass is 10.1. The Morgan fingerprint density at radius 2 is 2.00 bits per heavy atom. The van der Waals surface area contributed by atoms with Crippen LogP contribution in [0.5, 0.6) is 0 Å². The standard InChI is InChI=1S/C14H14N2O3S/c1-8-4-5-12(13(6-8)16(18)19)15-14(17)11-7-20-10(3)9(11)2/h4-7H,1-3H3,(H,15,17). The normalized spacial score (nSPS) is 10.3. The molecular weight excluding hydrogens is 276 g/mol. The minimum Gasteiger partial charge on any atom is -0.316 e. The molecule has 1 aromatic heterocycles. The Kier molecular flexibility index (Phi) is 3.85. The van der Waals surface area contributed by atoms with E-state index in [0.29, 0.717) is 5.56 Å². The van der Waals surface area contributed by atoms with Crippen LogP contribution in [0.1, 0.15) is 26.4 Å². The maximum Gasteiger partial charge on any atom is 0.293 e. The summed E-state index contributed by atoms with van der Waals surface area (Å²) in [4.78, 5) is 23.8. The fourth-order valence-electron chi connectivity index (χ4n) is 1.83. The third-order valence-corrected chi connectivity index (χ3v) is 4.14. The maximum absolute atomic E-state index is 12.2. The number of nitrogens with zero attached hydrogens (tertiary/aromatic N) is 1. The lowest BCUT2D eigenvalue weighted by Crippen LogP contribution is -2.13. The summed E-state index contributed by atoms with van der Waals surface area (Å²) >= 11 is 1.49. The molecule has 104 valence electrons. The van der Waals surface area contributed by atoms with Gasteiger partial charge in [0.05, 0.1) is 10.5 Å². The molecule has 0 aliphatic rings. The topological polar surface area (TPSA) is 72.2 Å². The van der Waals surface area contributed by atoms with E-state index >= 15 is 0 Å². The van der Waals surface area contributed by atoms with Crippen LogP contribution in [0.25, 0.3) is 0 Å². The van der Waals surface area contributed by atoms with E-state index in [1.165, 1.54) is 17.4 Å². The predicted octanol–water partition coefficient (Wildman–Crippen LogP) is 3.83. The Bertz CT molecular complexity index is 692. The molecule has 1 N–H and O–H groups in total. The molecule has 6 heteroatoms. The third kappa shape index (κ3) is 2.70. The monoisotopic (exact) mass is 290 g/mol. The van der Waals surface area contributed by atoms with Crippen molar-refractivity contribution < 1.29 is 9.72 Å². The van der Waals surface area contributed by atoms with Crippen molar-refractivity contribution in [2.24, 2.45) is 0 Å². The van der Waals surface area contributed by atoms with Crippen LogP contribution < -0.4 is 5.32 Å². The first-order valence-corrected chi connectivity index (χ1v) is 6.89. The molecule has 0 unspecified atom stereocenters. The fraction of sp³-hybridized carbons (Fsp3) is 0.214. The van der Waals surface area contributed by atoms with Crippen LogP contribution in [0.3, 0.4) is 0 Å². The van der Waals surface area contributed by atoms with E-state index in [-0.39, 0.29) is 17.3 Å². The zero-order chi connectivity index (χ0) is 14.9. The first kappa shape index (κ1) is 14.2. The van der Waals surface area contributed by atoms with Gasteiger partial charge < -0.3 is 5.32 Å². The summed E-state index contributed by atoms with van der Waals surface area (Å²) in [6.07, 6.45) is 0. The van der Waals surface area contributed by atoms with Gasteiger partial charge in [-0.15, -0.1) is 11.3 Å². The van der Waals surface area contributed by atoms with Gasteiger partial charge in [-0.1, -0.05) is 6.07 Å². The molecule has 1 heterocycles. The molecule has 0 spiro atoms. The van der Waals surface area contributed by atoms with E-state index in [0.717, 1.165) is 16.0 Å². The highest BCUT2D eigenvalue weighted by molar-refractivity contribution is 7.10. The second-order valence-corrected chi connectivity index (χ2v) is 5.65. The Morgan fingerprint density at radius 3 is 2.55 bits per heavy atom. The van der Waals surface area contributed by atoms with Crippen LogP contribution in [0.4, 0.5) is 11.4 Å². The Labute approximate surface area is 120 Å². The van der Waals surface area contributed by atoms with Gasteiger partial charge >= 0.3 is 0 Å². The number of hydrogen-bond acceptors (Lipinski definition) is 4. The molecule has 2 aromatic rings. The number of nitro groups is 1. The van der Waals surface area contributed by atoms with E-state index in [9.17, 15) is 14.9 Å². The number of anilines is 1.